The van der Waals surface area contributed by atoms with Crippen LogP contribution in [0.1, 0.15) is 38.5 Å². The largest absolute Gasteiger partial charge is 0.302 e. The van der Waals surface area contributed by atoms with E-state index in [9.17, 15) is 0 Å². The SMILES string of the molecule is CN1CCCC[C@H]1CN1CCN(C[C@H]2CC=CCC2)CC1. The molecule has 2 saturated heterocycles. The number of allylic oxidation sites excluding steroid dienone is 2. The van der Waals surface area contributed by atoms with Crippen LogP contribution in [0.3, 0.4) is 0 Å². The fraction of sp³-hybridized carbons (Fsp3) is 0.889. The lowest BCUT2D eigenvalue weighted by atomic mass is 9.94. The van der Waals surface area contributed by atoms with Crippen molar-refractivity contribution < 1.29 is 0 Å². The fourth-order valence-electron chi connectivity index (χ4n) is 4.21. The maximum absolute atomic E-state index is 2.71. The molecule has 1 aliphatic carbocycles. The third-order valence-electron chi connectivity index (χ3n) is 5.75. The maximum atomic E-state index is 2.71. The molecule has 0 aromatic heterocycles. The Bertz CT molecular complexity index is 333. The van der Waals surface area contributed by atoms with E-state index in [-0.39, 0.29) is 0 Å². The Morgan fingerprint density at radius 2 is 1.62 bits per heavy atom. The van der Waals surface area contributed by atoms with E-state index in [1.54, 1.807) is 0 Å². The van der Waals surface area contributed by atoms with Crippen molar-refractivity contribution in [3.05, 3.63) is 12.2 Å². The van der Waals surface area contributed by atoms with Gasteiger partial charge in [0.15, 0.2) is 0 Å². The summed E-state index contributed by atoms with van der Waals surface area (Å²) in [6, 6.07) is 0.814. The Hall–Kier alpha value is -0.380. The third kappa shape index (κ3) is 4.54. The summed E-state index contributed by atoms with van der Waals surface area (Å²) in [5.41, 5.74) is 0. The molecule has 0 spiro atoms. The Morgan fingerprint density at radius 3 is 2.29 bits per heavy atom. The highest BCUT2D eigenvalue weighted by atomic mass is 15.3. The smallest absolute Gasteiger partial charge is 0.0220 e. The van der Waals surface area contributed by atoms with Crippen LogP contribution in [0, 0.1) is 5.92 Å². The second-order valence-electron chi connectivity index (χ2n) is 7.38. The molecule has 0 radical (unpaired) electrons. The monoisotopic (exact) mass is 291 g/mol. The first-order valence-corrected chi connectivity index (χ1v) is 9.11. The van der Waals surface area contributed by atoms with Crippen LogP contribution >= 0.6 is 0 Å². The van der Waals surface area contributed by atoms with E-state index in [0.717, 1.165) is 12.0 Å². The molecule has 0 aromatic carbocycles. The summed E-state index contributed by atoms with van der Waals surface area (Å²) in [4.78, 5) is 8.01. The predicted molar refractivity (Wildman–Crippen MR) is 89.6 cm³/mol. The number of likely N-dealkylation sites (N-methyl/N-ethyl adjacent to an activating group) is 1. The Labute approximate surface area is 131 Å². The van der Waals surface area contributed by atoms with Gasteiger partial charge in [0.2, 0.25) is 0 Å². The van der Waals surface area contributed by atoms with Crippen molar-refractivity contribution in [3.8, 4) is 0 Å². The van der Waals surface area contributed by atoms with E-state index in [0.29, 0.717) is 0 Å². The predicted octanol–water partition coefficient (Wildman–Crippen LogP) is 2.44. The van der Waals surface area contributed by atoms with E-state index < -0.39 is 0 Å². The molecule has 21 heavy (non-hydrogen) atoms. The highest BCUT2D eigenvalue weighted by Crippen LogP contribution is 2.21. The minimum Gasteiger partial charge on any atom is -0.302 e. The normalized spacial score (nSPS) is 33.4. The van der Waals surface area contributed by atoms with Gasteiger partial charge in [0.05, 0.1) is 0 Å². The third-order valence-corrected chi connectivity index (χ3v) is 5.75. The topological polar surface area (TPSA) is 9.72 Å². The van der Waals surface area contributed by atoms with Gasteiger partial charge in [0, 0.05) is 45.3 Å². The Kier molecular flexibility index (Phi) is 5.73. The van der Waals surface area contributed by atoms with Gasteiger partial charge >= 0.3 is 0 Å². The van der Waals surface area contributed by atoms with Crippen molar-refractivity contribution in [2.24, 2.45) is 5.92 Å². The quantitative estimate of drug-likeness (QED) is 0.737. The van der Waals surface area contributed by atoms with Crippen LogP contribution in [0.2, 0.25) is 0 Å². The molecule has 0 N–H and O–H groups in total. The zero-order valence-electron chi connectivity index (χ0n) is 13.8. The molecule has 0 unspecified atom stereocenters. The first-order valence-electron chi connectivity index (χ1n) is 9.11. The molecular formula is C18H33N3. The van der Waals surface area contributed by atoms with E-state index in [4.69, 9.17) is 0 Å². The summed E-state index contributed by atoms with van der Waals surface area (Å²) < 4.78 is 0. The molecule has 0 amide bonds. The van der Waals surface area contributed by atoms with Gasteiger partial charge in [-0.1, -0.05) is 18.6 Å². The van der Waals surface area contributed by atoms with Crippen molar-refractivity contribution in [1.29, 1.82) is 0 Å². The first-order chi connectivity index (χ1) is 10.3. The molecule has 3 rings (SSSR count). The molecule has 2 aliphatic heterocycles. The number of piperazine rings is 1. The van der Waals surface area contributed by atoms with E-state index in [1.165, 1.54) is 84.3 Å². The average molecular weight is 291 g/mol. The van der Waals surface area contributed by atoms with Gasteiger partial charge in [-0.3, -0.25) is 4.90 Å². The number of hydrogen-bond donors (Lipinski definition) is 0. The Balaban J connectivity index is 1.37. The number of hydrogen-bond acceptors (Lipinski definition) is 3. The summed E-state index contributed by atoms with van der Waals surface area (Å²) in [6.07, 6.45) is 13.0. The highest BCUT2D eigenvalue weighted by molar-refractivity contribution is 4.91. The van der Waals surface area contributed by atoms with Crippen LogP contribution in [0.25, 0.3) is 0 Å². The van der Waals surface area contributed by atoms with Gasteiger partial charge in [0.25, 0.3) is 0 Å². The van der Waals surface area contributed by atoms with Crippen molar-refractivity contribution in [3.63, 3.8) is 0 Å². The van der Waals surface area contributed by atoms with E-state index >= 15 is 0 Å². The Morgan fingerprint density at radius 1 is 0.857 bits per heavy atom. The zero-order chi connectivity index (χ0) is 14.5. The van der Waals surface area contributed by atoms with Gasteiger partial charge in [-0.15, -0.1) is 0 Å². The summed E-state index contributed by atoms with van der Waals surface area (Å²) in [7, 11) is 2.32. The molecule has 2 atom stereocenters. The molecule has 3 aliphatic rings. The summed E-state index contributed by atoms with van der Waals surface area (Å²) in [5, 5.41) is 0. The van der Waals surface area contributed by atoms with Crippen LogP contribution in [-0.2, 0) is 0 Å². The second-order valence-corrected chi connectivity index (χ2v) is 7.38. The molecule has 2 fully saturated rings. The number of nitrogens with zero attached hydrogens (tertiary/aromatic N) is 3. The van der Waals surface area contributed by atoms with Crippen molar-refractivity contribution in [2.45, 2.75) is 44.6 Å². The van der Waals surface area contributed by atoms with Gasteiger partial charge in [0.1, 0.15) is 0 Å². The average Bonchev–Trinajstić information content (AvgIpc) is 2.52. The van der Waals surface area contributed by atoms with Crippen LogP contribution < -0.4 is 0 Å². The molecule has 0 bridgehead atoms. The van der Waals surface area contributed by atoms with E-state index in [2.05, 4.69) is 33.9 Å². The fourth-order valence-corrected chi connectivity index (χ4v) is 4.21. The molecular weight excluding hydrogens is 258 g/mol. The lowest BCUT2D eigenvalue weighted by molar-refractivity contribution is 0.0771. The van der Waals surface area contributed by atoms with Crippen molar-refractivity contribution >= 4 is 0 Å². The van der Waals surface area contributed by atoms with Gasteiger partial charge in [-0.05, 0) is 51.6 Å². The van der Waals surface area contributed by atoms with Crippen molar-refractivity contribution in [2.75, 3.05) is 52.9 Å². The highest BCUT2D eigenvalue weighted by Gasteiger charge is 2.25. The lowest BCUT2D eigenvalue weighted by Crippen LogP contribution is -2.52. The van der Waals surface area contributed by atoms with Crippen LogP contribution in [0.5, 0.6) is 0 Å². The summed E-state index contributed by atoms with van der Waals surface area (Å²) in [5.74, 6) is 0.922. The summed E-state index contributed by atoms with van der Waals surface area (Å²) >= 11 is 0. The molecule has 3 nitrogen and oxygen atoms in total. The number of likely N-dealkylation sites (tertiary alicyclic amines) is 1. The molecule has 0 aromatic rings. The van der Waals surface area contributed by atoms with Crippen LogP contribution in [-0.4, -0.2) is 73.6 Å². The van der Waals surface area contributed by atoms with E-state index in [1.807, 2.05) is 0 Å². The minimum atomic E-state index is 0.814. The standard InChI is InChI=1S/C18H33N3/c1-19-10-6-5-9-18(19)16-21-13-11-20(12-14-21)15-17-7-3-2-4-8-17/h2-3,17-18H,4-16H2,1H3/t17-,18-/m0/s1. The molecule has 2 heterocycles. The maximum Gasteiger partial charge on any atom is 0.0220 e. The van der Waals surface area contributed by atoms with Crippen LogP contribution in [0.15, 0.2) is 12.2 Å². The van der Waals surface area contributed by atoms with Crippen molar-refractivity contribution in [1.82, 2.24) is 14.7 Å². The number of piperidine rings is 1. The molecule has 3 heteroatoms. The second kappa shape index (κ2) is 7.75. The van der Waals surface area contributed by atoms with Gasteiger partial charge in [-0.2, -0.15) is 0 Å². The van der Waals surface area contributed by atoms with Gasteiger partial charge in [-0.25, -0.2) is 0 Å². The first kappa shape index (κ1) is 15.5. The molecule has 120 valence electrons. The minimum absolute atomic E-state index is 0.814. The van der Waals surface area contributed by atoms with Crippen LogP contribution in [0.4, 0.5) is 0 Å². The molecule has 0 saturated carbocycles. The summed E-state index contributed by atoms with van der Waals surface area (Å²) in [6.45, 7) is 9.09. The lowest BCUT2D eigenvalue weighted by Gasteiger charge is -2.41. The van der Waals surface area contributed by atoms with Gasteiger partial charge < -0.3 is 9.80 Å². The zero-order valence-corrected chi connectivity index (χ0v) is 13.8. The number of rotatable bonds is 4.